The quantitative estimate of drug-likeness (QED) is 0.865. The molecule has 0 heterocycles. The van der Waals surface area contributed by atoms with Crippen LogP contribution in [0.5, 0.6) is 0 Å². The van der Waals surface area contributed by atoms with Gasteiger partial charge in [0, 0.05) is 12.6 Å². The van der Waals surface area contributed by atoms with E-state index in [4.69, 9.17) is 5.11 Å². The van der Waals surface area contributed by atoms with Gasteiger partial charge in [0.15, 0.2) is 0 Å². The Morgan fingerprint density at radius 2 is 2.06 bits per heavy atom. The van der Waals surface area contributed by atoms with Gasteiger partial charge in [-0.05, 0) is 43.4 Å². The van der Waals surface area contributed by atoms with Crippen LogP contribution in [0.3, 0.4) is 0 Å². The molecule has 0 radical (unpaired) electrons. The molecule has 1 aliphatic carbocycles. The van der Waals surface area contributed by atoms with Gasteiger partial charge in [0.1, 0.15) is 6.17 Å². The van der Waals surface area contributed by atoms with Crippen molar-refractivity contribution in [2.24, 2.45) is 0 Å². The highest BCUT2D eigenvalue weighted by molar-refractivity contribution is 5.87. The van der Waals surface area contributed by atoms with Crippen molar-refractivity contribution in [2.75, 3.05) is 0 Å². The summed E-state index contributed by atoms with van der Waals surface area (Å²) in [7, 11) is 0. The lowest BCUT2D eigenvalue weighted by Crippen LogP contribution is -2.33. The van der Waals surface area contributed by atoms with Gasteiger partial charge in [-0.1, -0.05) is 12.1 Å². The second kappa shape index (κ2) is 5.96. The van der Waals surface area contributed by atoms with Crippen LogP contribution in [0.1, 0.15) is 41.6 Å². The first-order valence-corrected chi connectivity index (χ1v) is 6.35. The number of carboxylic acids is 1. The second-order valence-corrected chi connectivity index (χ2v) is 4.84. The molecule has 0 atom stereocenters. The summed E-state index contributed by atoms with van der Waals surface area (Å²) >= 11 is 0. The van der Waals surface area contributed by atoms with Gasteiger partial charge in [0.2, 0.25) is 0 Å². The van der Waals surface area contributed by atoms with Crippen molar-refractivity contribution >= 4 is 5.97 Å². The second-order valence-electron chi connectivity index (χ2n) is 4.84. The average molecular weight is 251 g/mol. The Labute approximate surface area is 106 Å². The molecule has 1 saturated carbocycles. The zero-order valence-electron chi connectivity index (χ0n) is 10.2. The summed E-state index contributed by atoms with van der Waals surface area (Å²) in [4.78, 5) is 10.8. The summed E-state index contributed by atoms with van der Waals surface area (Å²) in [5.74, 6) is -0.908. The van der Waals surface area contributed by atoms with Crippen molar-refractivity contribution in [1.29, 1.82) is 0 Å². The van der Waals surface area contributed by atoms with Crippen molar-refractivity contribution in [1.82, 2.24) is 5.32 Å². The molecular formula is C14H18FNO2. The number of hydrogen-bond donors (Lipinski definition) is 2. The minimum absolute atomic E-state index is 0.307. The predicted octanol–water partition coefficient (Wildman–Crippen LogP) is 2.76. The highest BCUT2D eigenvalue weighted by Gasteiger charge is 2.19. The standard InChI is InChI=1S/C14H18FNO2/c15-12-4-6-13(7-5-12)16-9-10-2-1-3-11(8-10)14(17)18/h1-3,8,12-13,16H,4-7,9H2,(H,17,18). The maximum atomic E-state index is 13.0. The number of benzene rings is 1. The molecule has 1 fully saturated rings. The lowest BCUT2D eigenvalue weighted by Gasteiger charge is -2.25. The summed E-state index contributed by atoms with van der Waals surface area (Å²) in [6.07, 6.45) is 2.34. The molecule has 3 nitrogen and oxygen atoms in total. The molecule has 1 aliphatic rings. The van der Waals surface area contributed by atoms with Gasteiger partial charge in [0.25, 0.3) is 0 Å². The first kappa shape index (κ1) is 13.0. The van der Waals surface area contributed by atoms with Crippen molar-refractivity contribution < 1.29 is 14.3 Å². The van der Waals surface area contributed by atoms with Gasteiger partial charge in [-0.3, -0.25) is 0 Å². The van der Waals surface area contributed by atoms with Crippen LogP contribution in [-0.2, 0) is 6.54 Å². The van der Waals surface area contributed by atoms with Crippen LogP contribution in [-0.4, -0.2) is 23.3 Å². The third kappa shape index (κ3) is 3.53. The zero-order chi connectivity index (χ0) is 13.0. The van der Waals surface area contributed by atoms with Gasteiger partial charge in [-0.2, -0.15) is 0 Å². The van der Waals surface area contributed by atoms with E-state index in [-0.39, 0.29) is 0 Å². The van der Waals surface area contributed by atoms with Gasteiger partial charge in [-0.15, -0.1) is 0 Å². The minimum Gasteiger partial charge on any atom is -0.478 e. The van der Waals surface area contributed by atoms with Crippen LogP contribution in [0, 0.1) is 0 Å². The number of alkyl halides is 1. The fourth-order valence-electron chi connectivity index (χ4n) is 2.33. The van der Waals surface area contributed by atoms with E-state index >= 15 is 0 Å². The Morgan fingerprint density at radius 3 is 2.72 bits per heavy atom. The smallest absolute Gasteiger partial charge is 0.335 e. The molecule has 0 spiro atoms. The van der Waals surface area contributed by atoms with E-state index < -0.39 is 12.1 Å². The molecule has 2 N–H and O–H groups in total. The number of carbonyl (C=O) groups is 1. The van der Waals surface area contributed by atoms with Crippen LogP contribution in [0.15, 0.2) is 24.3 Å². The van der Waals surface area contributed by atoms with E-state index in [9.17, 15) is 9.18 Å². The largest absolute Gasteiger partial charge is 0.478 e. The number of aromatic carboxylic acids is 1. The van der Waals surface area contributed by atoms with Crippen LogP contribution in [0.4, 0.5) is 4.39 Å². The third-order valence-corrected chi connectivity index (χ3v) is 3.43. The lowest BCUT2D eigenvalue weighted by molar-refractivity contribution is 0.0696. The van der Waals surface area contributed by atoms with Crippen molar-refractivity contribution in [3.8, 4) is 0 Å². The maximum Gasteiger partial charge on any atom is 0.335 e. The molecule has 1 aromatic carbocycles. The molecular weight excluding hydrogens is 233 g/mol. The zero-order valence-corrected chi connectivity index (χ0v) is 10.2. The number of hydrogen-bond acceptors (Lipinski definition) is 2. The lowest BCUT2D eigenvalue weighted by atomic mass is 9.94. The number of rotatable bonds is 4. The van der Waals surface area contributed by atoms with Crippen molar-refractivity contribution in [2.45, 2.75) is 44.4 Å². The maximum absolute atomic E-state index is 13.0. The molecule has 0 saturated heterocycles. The van der Waals surface area contributed by atoms with Gasteiger partial charge in [-0.25, -0.2) is 9.18 Å². The van der Waals surface area contributed by atoms with E-state index in [0.29, 0.717) is 31.0 Å². The summed E-state index contributed by atoms with van der Waals surface area (Å²) < 4.78 is 13.0. The summed E-state index contributed by atoms with van der Waals surface area (Å²) in [5, 5.41) is 12.3. The molecule has 98 valence electrons. The van der Waals surface area contributed by atoms with Crippen molar-refractivity contribution in [3.05, 3.63) is 35.4 Å². The molecule has 0 bridgehead atoms. The van der Waals surface area contributed by atoms with Crippen LogP contribution in [0.2, 0.25) is 0 Å². The molecule has 18 heavy (non-hydrogen) atoms. The van der Waals surface area contributed by atoms with E-state index in [2.05, 4.69) is 5.32 Å². The molecule has 4 heteroatoms. The first-order valence-electron chi connectivity index (χ1n) is 6.35. The van der Waals surface area contributed by atoms with Crippen LogP contribution >= 0.6 is 0 Å². The topological polar surface area (TPSA) is 49.3 Å². The van der Waals surface area contributed by atoms with Gasteiger partial charge in [0.05, 0.1) is 5.56 Å². The Bertz CT molecular complexity index is 414. The summed E-state index contributed by atoms with van der Waals surface area (Å²) in [6, 6.07) is 7.26. The van der Waals surface area contributed by atoms with Crippen molar-refractivity contribution in [3.63, 3.8) is 0 Å². The molecule has 2 rings (SSSR count). The normalized spacial score (nSPS) is 23.8. The average Bonchev–Trinajstić information content (AvgIpc) is 2.38. The Hall–Kier alpha value is -1.42. The Kier molecular flexibility index (Phi) is 4.31. The number of halogens is 1. The Balaban J connectivity index is 1.86. The third-order valence-electron chi connectivity index (χ3n) is 3.43. The fraction of sp³-hybridized carbons (Fsp3) is 0.500. The fourth-order valence-corrected chi connectivity index (χ4v) is 2.33. The summed E-state index contributed by atoms with van der Waals surface area (Å²) in [6.45, 7) is 0.642. The molecule has 0 aromatic heterocycles. The monoisotopic (exact) mass is 251 g/mol. The summed E-state index contributed by atoms with van der Waals surface area (Å²) in [5.41, 5.74) is 1.26. The minimum atomic E-state index is -0.908. The number of carboxylic acid groups (broad SMARTS) is 1. The van der Waals surface area contributed by atoms with E-state index in [1.807, 2.05) is 6.07 Å². The van der Waals surface area contributed by atoms with Gasteiger partial charge < -0.3 is 10.4 Å². The molecule has 0 aliphatic heterocycles. The Morgan fingerprint density at radius 1 is 1.33 bits per heavy atom. The highest BCUT2D eigenvalue weighted by atomic mass is 19.1. The predicted molar refractivity (Wildman–Crippen MR) is 67.4 cm³/mol. The molecule has 0 unspecified atom stereocenters. The van der Waals surface area contributed by atoms with Gasteiger partial charge >= 0.3 is 5.97 Å². The number of nitrogens with one attached hydrogen (secondary N) is 1. The van der Waals surface area contributed by atoms with E-state index in [1.165, 1.54) is 0 Å². The molecule has 1 aromatic rings. The van der Waals surface area contributed by atoms with E-state index in [1.54, 1.807) is 18.2 Å². The highest BCUT2D eigenvalue weighted by Crippen LogP contribution is 2.21. The molecule has 0 amide bonds. The van der Waals surface area contributed by atoms with Crippen LogP contribution in [0.25, 0.3) is 0 Å². The first-order chi connectivity index (χ1) is 8.65. The van der Waals surface area contributed by atoms with Crippen LogP contribution < -0.4 is 5.32 Å². The SMILES string of the molecule is O=C(O)c1cccc(CNC2CCC(F)CC2)c1. The van der Waals surface area contributed by atoms with E-state index in [0.717, 1.165) is 18.4 Å².